The van der Waals surface area contributed by atoms with Crippen LogP contribution in [0.4, 0.5) is 0 Å². The third-order valence-corrected chi connectivity index (χ3v) is 12.9. The van der Waals surface area contributed by atoms with Crippen LogP contribution < -0.4 is 9.47 Å². The minimum atomic E-state index is -0.155. The van der Waals surface area contributed by atoms with Crippen LogP contribution in [0.5, 0.6) is 11.5 Å². The highest BCUT2D eigenvalue weighted by Gasteiger charge is 2.19. The van der Waals surface area contributed by atoms with Crippen molar-refractivity contribution < 1.29 is 28.5 Å². The predicted octanol–water partition coefficient (Wildman–Crippen LogP) is 13.0. The van der Waals surface area contributed by atoms with Crippen molar-refractivity contribution >= 4 is 56.7 Å². The topological polar surface area (TPSA) is 107 Å². The number of imidazole rings is 2. The van der Waals surface area contributed by atoms with Gasteiger partial charge in [-0.15, -0.1) is 22.7 Å². The second kappa shape index (κ2) is 21.9. The largest absolute Gasteiger partial charge is 0.494 e. The van der Waals surface area contributed by atoms with Crippen LogP contribution in [0.2, 0.25) is 0 Å². The number of benzene rings is 4. The van der Waals surface area contributed by atoms with Gasteiger partial charge in [-0.3, -0.25) is 18.7 Å². The molecule has 0 radical (unpaired) electrons. The van der Waals surface area contributed by atoms with E-state index in [4.69, 9.17) is 19.4 Å². The van der Waals surface area contributed by atoms with Gasteiger partial charge < -0.3 is 18.9 Å². The lowest BCUT2D eigenvalue weighted by Gasteiger charge is -2.11. The van der Waals surface area contributed by atoms with Crippen LogP contribution in [-0.4, -0.2) is 58.5 Å². The van der Waals surface area contributed by atoms with Gasteiger partial charge >= 0.3 is 11.9 Å². The average Bonchev–Trinajstić information content (AvgIpc) is 4.11. The Morgan fingerprint density at radius 2 is 1.06 bits per heavy atom. The van der Waals surface area contributed by atoms with Crippen LogP contribution in [-0.2, 0) is 19.1 Å². The van der Waals surface area contributed by atoms with Gasteiger partial charge in [0.25, 0.3) is 0 Å². The summed E-state index contributed by atoms with van der Waals surface area (Å²) in [6.45, 7) is 9.65. The van der Waals surface area contributed by atoms with Gasteiger partial charge in [0.15, 0.2) is 11.6 Å². The number of nitrogens with zero attached hydrogens (tertiary/aromatic N) is 4. The predicted molar refractivity (Wildman–Crippen MR) is 260 cm³/mol. The molecular formula is C52H56N4O6S2. The van der Waals surface area contributed by atoms with Crippen LogP contribution >= 0.6 is 22.7 Å². The lowest BCUT2D eigenvalue weighted by molar-refractivity contribution is -0.141. The van der Waals surface area contributed by atoms with Gasteiger partial charge in [-0.1, -0.05) is 35.4 Å². The minimum Gasteiger partial charge on any atom is -0.494 e. The van der Waals surface area contributed by atoms with Gasteiger partial charge in [0.2, 0.25) is 0 Å². The van der Waals surface area contributed by atoms with E-state index in [9.17, 15) is 9.59 Å². The molecule has 0 saturated heterocycles. The SMILES string of the molecule is COC(=O)CCCCCOc1ccc2nc(-c3ccc(C)s3)n(-c3ccc(C)cc3)c2c1.COC(=O)CCCCCOc1ccc2nc(-c3sccc3C)n(-c3ccc(C)cc3)c2c1. The van der Waals surface area contributed by atoms with Crippen LogP contribution in [0.3, 0.4) is 0 Å². The molecule has 0 atom stereocenters. The fourth-order valence-electron chi connectivity index (χ4n) is 7.35. The van der Waals surface area contributed by atoms with E-state index >= 15 is 0 Å². The molecule has 332 valence electrons. The van der Waals surface area contributed by atoms with Crippen LogP contribution in [0, 0.1) is 27.7 Å². The van der Waals surface area contributed by atoms with Gasteiger partial charge in [0.05, 0.1) is 59.3 Å². The number of rotatable bonds is 18. The molecular weight excluding hydrogens is 841 g/mol. The molecule has 0 amide bonds. The van der Waals surface area contributed by atoms with Crippen LogP contribution in [0.15, 0.2) is 109 Å². The summed E-state index contributed by atoms with van der Waals surface area (Å²) in [4.78, 5) is 35.9. The first kappa shape index (κ1) is 45.8. The lowest BCUT2D eigenvalue weighted by atomic mass is 10.2. The Bertz CT molecular complexity index is 2800. The summed E-state index contributed by atoms with van der Waals surface area (Å²) < 4.78 is 25.8. The summed E-state index contributed by atoms with van der Waals surface area (Å²) in [5, 5.41) is 2.11. The maximum absolute atomic E-state index is 11.2. The summed E-state index contributed by atoms with van der Waals surface area (Å²) in [7, 11) is 2.85. The maximum atomic E-state index is 11.2. The van der Waals surface area contributed by atoms with Gasteiger partial charge in [-0.2, -0.15) is 0 Å². The number of fused-ring (bicyclic) bond motifs is 2. The highest BCUT2D eigenvalue weighted by molar-refractivity contribution is 7.15. The Kier molecular flexibility index (Phi) is 15.7. The molecule has 10 nitrogen and oxygen atoms in total. The molecule has 0 unspecified atom stereocenters. The molecule has 64 heavy (non-hydrogen) atoms. The van der Waals surface area contributed by atoms with E-state index < -0.39 is 0 Å². The lowest BCUT2D eigenvalue weighted by Crippen LogP contribution is -2.01. The van der Waals surface area contributed by atoms with E-state index in [0.717, 1.165) is 100.0 Å². The molecule has 0 spiro atoms. The van der Waals surface area contributed by atoms with Crippen molar-refractivity contribution in [2.75, 3.05) is 27.4 Å². The molecule has 0 aliphatic carbocycles. The molecule has 0 N–H and O–H groups in total. The summed E-state index contributed by atoms with van der Waals surface area (Å²) in [5.41, 5.74) is 9.78. The molecule has 8 aromatic rings. The third-order valence-electron chi connectivity index (χ3n) is 10.9. The highest BCUT2D eigenvalue weighted by atomic mass is 32.1. The molecule has 0 fully saturated rings. The molecule has 0 aliphatic heterocycles. The zero-order chi connectivity index (χ0) is 45.0. The van der Waals surface area contributed by atoms with Crippen molar-refractivity contribution in [1.29, 1.82) is 0 Å². The van der Waals surface area contributed by atoms with E-state index in [-0.39, 0.29) is 11.9 Å². The number of hydrogen-bond acceptors (Lipinski definition) is 10. The minimum absolute atomic E-state index is 0.155. The zero-order valence-electron chi connectivity index (χ0n) is 37.5. The van der Waals surface area contributed by atoms with Crippen molar-refractivity contribution in [3.63, 3.8) is 0 Å². The number of aryl methyl sites for hydroxylation is 4. The van der Waals surface area contributed by atoms with Gasteiger partial charge in [-0.05, 0) is 144 Å². The number of ether oxygens (including phenoxy) is 4. The Morgan fingerprint density at radius 3 is 1.52 bits per heavy atom. The molecule has 4 aromatic heterocycles. The molecule has 12 heteroatoms. The van der Waals surface area contributed by atoms with E-state index in [0.29, 0.717) is 26.1 Å². The maximum Gasteiger partial charge on any atom is 0.305 e. The van der Waals surface area contributed by atoms with Crippen molar-refractivity contribution in [1.82, 2.24) is 19.1 Å². The van der Waals surface area contributed by atoms with E-state index in [1.54, 1.807) is 22.7 Å². The molecule has 0 aliphatic rings. The van der Waals surface area contributed by atoms with Gasteiger partial charge in [-0.25, -0.2) is 9.97 Å². The van der Waals surface area contributed by atoms with Crippen molar-refractivity contribution in [2.24, 2.45) is 0 Å². The number of methoxy groups -OCH3 is 2. The molecule has 0 bridgehead atoms. The summed E-state index contributed by atoms with van der Waals surface area (Å²) in [6, 6.07) is 35.6. The number of hydrogen-bond donors (Lipinski definition) is 0. The van der Waals surface area contributed by atoms with Crippen molar-refractivity contribution in [3.05, 3.63) is 130 Å². The molecule has 4 aromatic carbocycles. The van der Waals surface area contributed by atoms with Crippen molar-refractivity contribution in [2.45, 2.75) is 79.1 Å². The van der Waals surface area contributed by atoms with Crippen molar-refractivity contribution in [3.8, 4) is 44.3 Å². The molecule has 4 heterocycles. The van der Waals surface area contributed by atoms with Crippen LogP contribution in [0.1, 0.15) is 72.9 Å². The number of carbonyl (C=O) groups is 2. The Balaban J connectivity index is 0.000000191. The molecule has 8 rings (SSSR count). The Hall–Kier alpha value is -6.24. The van der Waals surface area contributed by atoms with Crippen LogP contribution in [0.25, 0.3) is 54.8 Å². The molecule has 0 saturated carbocycles. The number of unbranched alkanes of at least 4 members (excludes halogenated alkanes) is 4. The first-order valence-electron chi connectivity index (χ1n) is 21.8. The number of esters is 2. The highest BCUT2D eigenvalue weighted by Crippen LogP contribution is 2.36. The fourth-order valence-corrected chi connectivity index (χ4v) is 9.11. The third kappa shape index (κ3) is 11.5. The van der Waals surface area contributed by atoms with E-state index in [2.05, 4.69) is 131 Å². The first-order valence-corrected chi connectivity index (χ1v) is 23.5. The second-order valence-electron chi connectivity index (χ2n) is 15.8. The number of carbonyl (C=O) groups excluding carboxylic acids is 2. The smallest absolute Gasteiger partial charge is 0.305 e. The summed E-state index contributed by atoms with van der Waals surface area (Å²) in [5.74, 6) is 3.24. The quantitative estimate of drug-likeness (QED) is 0.0619. The Morgan fingerprint density at radius 1 is 0.562 bits per heavy atom. The fraction of sp³-hybridized carbons (Fsp3) is 0.308. The summed E-state index contributed by atoms with van der Waals surface area (Å²) >= 11 is 3.46. The monoisotopic (exact) mass is 896 g/mol. The average molecular weight is 897 g/mol. The first-order chi connectivity index (χ1) is 31.1. The normalized spacial score (nSPS) is 11.1. The Labute approximate surface area is 383 Å². The van der Waals surface area contributed by atoms with E-state index in [1.165, 1.54) is 40.7 Å². The number of thiophene rings is 2. The van der Waals surface area contributed by atoms with Gasteiger partial charge in [0, 0.05) is 41.2 Å². The zero-order valence-corrected chi connectivity index (χ0v) is 39.2. The standard InChI is InChI=1S/2C26H28N2O3S/c1-18-8-11-20(12-9-18)28-23-17-21(31-16-6-4-5-7-25(29)30-3)13-14-22(23)27-26(28)24-15-10-19(2)32-24;1-18-8-10-20(11-9-18)28-23-17-21(31-15-6-4-5-7-24(29)30-3)12-13-22(23)27-26(28)25-19(2)14-16-32-25/h8-15,17H,4-7,16H2,1-3H3;8-14,16-17H,4-7,15H2,1-3H3. The summed E-state index contributed by atoms with van der Waals surface area (Å²) in [6.07, 6.45) is 6.21. The van der Waals surface area contributed by atoms with Gasteiger partial charge in [0.1, 0.15) is 11.5 Å². The number of aromatic nitrogens is 4. The second-order valence-corrected chi connectivity index (χ2v) is 18.0. The van der Waals surface area contributed by atoms with E-state index in [1.807, 2.05) is 24.3 Å².